The van der Waals surface area contributed by atoms with Crippen molar-refractivity contribution in [1.29, 1.82) is 0 Å². The Morgan fingerprint density at radius 1 is 1.27 bits per heavy atom. The lowest BCUT2D eigenvalue weighted by Crippen LogP contribution is -2.38. The molecule has 2 N–H and O–H groups in total. The van der Waals surface area contributed by atoms with Crippen LogP contribution in [-0.2, 0) is 0 Å². The van der Waals surface area contributed by atoms with Crippen LogP contribution in [0, 0.1) is 5.92 Å². The summed E-state index contributed by atoms with van der Waals surface area (Å²) in [5.41, 5.74) is 5.84. The van der Waals surface area contributed by atoms with Crippen molar-refractivity contribution in [3.63, 3.8) is 0 Å². The molecule has 0 aromatic heterocycles. The van der Waals surface area contributed by atoms with Crippen LogP contribution in [0.4, 0.5) is 0 Å². The van der Waals surface area contributed by atoms with Gasteiger partial charge in [0, 0.05) is 24.7 Å². The van der Waals surface area contributed by atoms with E-state index in [1.165, 1.54) is 25.8 Å². The lowest BCUT2D eigenvalue weighted by molar-refractivity contribution is 0.177. The summed E-state index contributed by atoms with van der Waals surface area (Å²) in [7, 11) is 0. The predicted molar refractivity (Wildman–Crippen MR) is 66.9 cm³/mol. The maximum absolute atomic E-state index is 5.84. The first-order valence-corrected chi connectivity index (χ1v) is 6.52. The largest absolute Gasteiger partial charge is 0.328 e. The van der Waals surface area contributed by atoms with Crippen molar-refractivity contribution in [2.75, 3.05) is 6.54 Å². The fraction of sp³-hybridized carbons (Fsp3) is 1.00. The molecule has 1 heterocycles. The molecule has 2 heteroatoms. The molecule has 15 heavy (non-hydrogen) atoms. The first-order chi connectivity index (χ1) is 7.00. The molecule has 0 aromatic rings. The number of nitrogens with two attached hydrogens (primary N) is 1. The van der Waals surface area contributed by atoms with Gasteiger partial charge in [-0.15, -0.1) is 0 Å². The molecule has 0 aliphatic carbocycles. The number of rotatable bonds is 5. The zero-order valence-electron chi connectivity index (χ0n) is 10.9. The van der Waals surface area contributed by atoms with Gasteiger partial charge in [0.05, 0.1) is 0 Å². The minimum absolute atomic E-state index is 0.345. The van der Waals surface area contributed by atoms with Gasteiger partial charge in [-0.3, -0.25) is 4.90 Å². The van der Waals surface area contributed by atoms with Crippen LogP contribution < -0.4 is 5.73 Å². The van der Waals surface area contributed by atoms with E-state index in [0.717, 1.165) is 24.4 Å². The van der Waals surface area contributed by atoms with Gasteiger partial charge in [-0.1, -0.05) is 13.8 Å². The van der Waals surface area contributed by atoms with E-state index in [1.807, 2.05) is 0 Å². The molecule has 1 fully saturated rings. The summed E-state index contributed by atoms with van der Waals surface area (Å²) in [5, 5.41) is 0. The minimum atomic E-state index is 0.345. The topological polar surface area (TPSA) is 29.3 Å². The molecule has 90 valence electrons. The highest BCUT2D eigenvalue weighted by Gasteiger charge is 2.30. The highest BCUT2D eigenvalue weighted by Crippen LogP contribution is 2.28. The van der Waals surface area contributed by atoms with E-state index in [4.69, 9.17) is 5.73 Å². The van der Waals surface area contributed by atoms with E-state index in [1.54, 1.807) is 0 Å². The normalized spacial score (nSPS) is 30.0. The molecule has 3 unspecified atom stereocenters. The first-order valence-electron chi connectivity index (χ1n) is 6.52. The van der Waals surface area contributed by atoms with Gasteiger partial charge in [0.25, 0.3) is 0 Å². The van der Waals surface area contributed by atoms with E-state index in [-0.39, 0.29) is 0 Å². The third-order valence-corrected chi connectivity index (χ3v) is 3.54. The summed E-state index contributed by atoms with van der Waals surface area (Å²) in [6.07, 6.45) is 5.25. The SMILES string of the molecule is CC(C)CC1CCC(C)N1CCC(C)N. The monoisotopic (exact) mass is 212 g/mol. The van der Waals surface area contributed by atoms with Crippen molar-refractivity contribution in [2.45, 2.75) is 71.5 Å². The van der Waals surface area contributed by atoms with Gasteiger partial charge in [-0.25, -0.2) is 0 Å². The van der Waals surface area contributed by atoms with Crippen molar-refractivity contribution in [3.8, 4) is 0 Å². The highest BCUT2D eigenvalue weighted by molar-refractivity contribution is 4.86. The number of hydrogen-bond donors (Lipinski definition) is 1. The molecule has 0 amide bonds. The van der Waals surface area contributed by atoms with Gasteiger partial charge >= 0.3 is 0 Å². The molecule has 3 atom stereocenters. The molecule has 2 nitrogen and oxygen atoms in total. The third-order valence-electron chi connectivity index (χ3n) is 3.54. The average Bonchev–Trinajstić information content (AvgIpc) is 2.43. The second-order valence-corrected chi connectivity index (χ2v) is 5.71. The second-order valence-electron chi connectivity index (χ2n) is 5.71. The molecule has 1 saturated heterocycles. The van der Waals surface area contributed by atoms with Gasteiger partial charge in [0.2, 0.25) is 0 Å². The fourth-order valence-corrected chi connectivity index (χ4v) is 2.68. The summed E-state index contributed by atoms with van der Waals surface area (Å²) >= 11 is 0. The summed E-state index contributed by atoms with van der Waals surface area (Å²) in [6.45, 7) is 10.3. The third kappa shape index (κ3) is 4.12. The van der Waals surface area contributed by atoms with E-state index in [9.17, 15) is 0 Å². The number of hydrogen-bond acceptors (Lipinski definition) is 2. The molecule has 0 radical (unpaired) electrons. The van der Waals surface area contributed by atoms with Gasteiger partial charge in [-0.05, 0) is 45.4 Å². The number of nitrogens with zero attached hydrogens (tertiary/aromatic N) is 1. The van der Waals surface area contributed by atoms with Crippen LogP contribution >= 0.6 is 0 Å². The average molecular weight is 212 g/mol. The molecule has 1 aliphatic rings. The Hall–Kier alpha value is -0.0800. The molecular weight excluding hydrogens is 184 g/mol. The molecule has 0 saturated carbocycles. The van der Waals surface area contributed by atoms with Gasteiger partial charge < -0.3 is 5.73 Å². The Morgan fingerprint density at radius 3 is 2.47 bits per heavy atom. The Bertz CT molecular complexity index is 177. The van der Waals surface area contributed by atoms with Crippen LogP contribution in [-0.4, -0.2) is 29.6 Å². The lowest BCUT2D eigenvalue weighted by Gasteiger charge is -2.30. The highest BCUT2D eigenvalue weighted by atomic mass is 15.2. The van der Waals surface area contributed by atoms with E-state index < -0.39 is 0 Å². The maximum Gasteiger partial charge on any atom is 0.0101 e. The predicted octanol–water partition coefficient (Wildman–Crippen LogP) is 2.62. The standard InChI is InChI=1S/C13H28N2/c1-10(2)9-13-6-5-12(4)15(13)8-7-11(3)14/h10-13H,5-9,14H2,1-4H3. The summed E-state index contributed by atoms with van der Waals surface area (Å²) in [5.74, 6) is 0.818. The smallest absolute Gasteiger partial charge is 0.0101 e. The van der Waals surface area contributed by atoms with Gasteiger partial charge in [-0.2, -0.15) is 0 Å². The molecular formula is C13H28N2. The van der Waals surface area contributed by atoms with Crippen LogP contribution in [0.25, 0.3) is 0 Å². The summed E-state index contributed by atoms with van der Waals surface area (Å²) in [6, 6.07) is 1.93. The Morgan fingerprint density at radius 2 is 1.93 bits per heavy atom. The quantitative estimate of drug-likeness (QED) is 0.759. The molecule has 1 rings (SSSR count). The van der Waals surface area contributed by atoms with Crippen molar-refractivity contribution in [3.05, 3.63) is 0 Å². The Labute approximate surface area is 95.2 Å². The Balaban J connectivity index is 2.41. The Kier molecular flexibility index (Phi) is 5.07. The van der Waals surface area contributed by atoms with Crippen LogP contribution in [0.2, 0.25) is 0 Å². The van der Waals surface area contributed by atoms with E-state index in [2.05, 4.69) is 32.6 Å². The fourth-order valence-electron chi connectivity index (χ4n) is 2.68. The molecule has 0 spiro atoms. The summed E-state index contributed by atoms with van der Waals surface area (Å²) < 4.78 is 0. The minimum Gasteiger partial charge on any atom is -0.328 e. The summed E-state index contributed by atoms with van der Waals surface area (Å²) in [4.78, 5) is 2.68. The van der Waals surface area contributed by atoms with Crippen LogP contribution in [0.3, 0.4) is 0 Å². The zero-order chi connectivity index (χ0) is 11.4. The second kappa shape index (κ2) is 5.86. The van der Waals surface area contributed by atoms with E-state index >= 15 is 0 Å². The van der Waals surface area contributed by atoms with Crippen LogP contribution in [0.5, 0.6) is 0 Å². The molecule has 0 aromatic carbocycles. The van der Waals surface area contributed by atoms with Crippen molar-refractivity contribution in [1.82, 2.24) is 4.90 Å². The molecule has 1 aliphatic heterocycles. The first kappa shape index (κ1) is 13.0. The number of likely N-dealkylation sites (tertiary alicyclic amines) is 1. The zero-order valence-corrected chi connectivity index (χ0v) is 10.9. The van der Waals surface area contributed by atoms with Crippen LogP contribution in [0.15, 0.2) is 0 Å². The maximum atomic E-state index is 5.84. The van der Waals surface area contributed by atoms with E-state index in [0.29, 0.717) is 6.04 Å². The van der Waals surface area contributed by atoms with Crippen molar-refractivity contribution >= 4 is 0 Å². The molecule has 0 bridgehead atoms. The lowest BCUT2D eigenvalue weighted by atomic mass is 10.0. The van der Waals surface area contributed by atoms with Crippen molar-refractivity contribution in [2.24, 2.45) is 11.7 Å². The van der Waals surface area contributed by atoms with Crippen molar-refractivity contribution < 1.29 is 0 Å². The van der Waals surface area contributed by atoms with Gasteiger partial charge in [0.1, 0.15) is 0 Å². The van der Waals surface area contributed by atoms with Gasteiger partial charge in [0.15, 0.2) is 0 Å². The van der Waals surface area contributed by atoms with Crippen LogP contribution in [0.1, 0.15) is 53.4 Å².